The van der Waals surface area contributed by atoms with E-state index in [1.165, 1.54) is 15.9 Å². The first-order chi connectivity index (χ1) is 21.3. The minimum atomic E-state index is -0.742. The van der Waals surface area contributed by atoms with Crippen molar-refractivity contribution in [1.82, 2.24) is 30.9 Å². The molecule has 10 heteroatoms. The van der Waals surface area contributed by atoms with E-state index in [1.54, 1.807) is 6.20 Å². The van der Waals surface area contributed by atoms with Gasteiger partial charge in [0.1, 0.15) is 6.54 Å². The summed E-state index contributed by atoms with van der Waals surface area (Å²) in [5.41, 5.74) is 7.39. The second-order valence-corrected chi connectivity index (χ2v) is 11.4. The van der Waals surface area contributed by atoms with Crippen LogP contribution >= 0.6 is 0 Å². The molecule has 10 nitrogen and oxygen atoms in total. The zero-order chi connectivity index (χ0) is 31.7. The van der Waals surface area contributed by atoms with Gasteiger partial charge < -0.3 is 0 Å². The topological polar surface area (TPSA) is 118 Å². The number of carbonyl (C=O) groups is 3. The van der Waals surface area contributed by atoms with Gasteiger partial charge in [0, 0.05) is 12.7 Å². The summed E-state index contributed by atoms with van der Waals surface area (Å²) in [6.07, 6.45) is 9.41. The summed E-state index contributed by atoms with van der Waals surface area (Å²) in [5, 5.41) is 9.07. The predicted octanol–water partition coefficient (Wildman–Crippen LogP) is 5.20. The Labute approximate surface area is 260 Å². The van der Waals surface area contributed by atoms with Crippen LogP contribution in [0.25, 0.3) is 6.08 Å². The summed E-state index contributed by atoms with van der Waals surface area (Å²) in [7, 11) is 0. The van der Waals surface area contributed by atoms with E-state index in [-0.39, 0.29) is 42.7 Å². The molecule has 0 fully saturated rings. The van der Waals surface area contributed by atoms with Crippen LogP contribution in [0, 0.1) is 23.7 Å². The summed E-state index contributed by atoms with van der Waals surface area (Å²) in [5.74, 6) is -2.24. The maximum Gasteiger partial charge on any atom is 0.262 e. The van der Waals surface area contributed by atoms with Crippen LogP contribution in [0.4, 0.5) is 0 Å². The molecule has 0 aliphatic heterocycles. The van der Waals surface area contributed by atoms with E-state index in [9.17, 15) is 14.4 Å². The zero-order valence-electron chi connectivity index (χ0n) is 26.3. The van der Waals surface area contributed by atoms with Gasteiger partial charge in [0.2, 0.25) is 11.8 Å². The SMILES string of the molecule is CCC(CC)CN(NC(=O)[C@H](CC(C)C)[C@H](CC=Cc1ccccc1)C(=O)NOCc1ccccc1)C(=O)Cn1ccnn1. The van der Waals surface area contributed by atoms with E-state index in [2.05, 4.69) is 35.1 Å². The number of allylic oxidation sites excluding steroid dienone is 1. The molecule has 2 N–H and O–H groups in total. The molecule has 2 atom stereocenters. The van der Waals surface area contributed by atoms with Crippen molar-refractivity contribution in [2.24, 2.45) is 23.7 Å². The number of carbonyl (C=O) groups excluding carboxylic acids is 3. The minimum Gasteiger partial charge on any atom is -0.273 e. The van der Waals surface area contributed by atoms with Crippen LogP contribution in [0.5, 0.6) is 0 Å². The van der Waals surface area contributed by atoms with Crippen LogP contribution in [-0.4, -0.2) is 44.3 Å². The quantitative estimate of drug-likeness (QED) is 0.205. The van der Waals surface area contributed by atoms with Gasteiger partial charge in [0.15, 0.2) is 0 Å². The first kappa shape index (κ1) is 34.2. The highest BCUT2D eigenvalue weighted by atomic mass is 16.6. The largest absolute Gasteiger partial charge is 0.273 e. The number of hydrogen-bond acceptors (Lipinski definition) is 6. The fourth-order valence-electron chi connectivity index (χ4n) is 4.94. The lowest BCUT2D eigenvalue weighted by Gasteiger charge is -2.31. The highest BCUT2D eigenvalue weighted by Crippen LogP contribution is 2.26. The molecule has 0 unspecified atom stereocenters. The fraction of sp³-hybridized carbons (Fsp3) is 0.441. The average molecular weight is 603 g/mol. The molecule has 0 spiro atoms. The maximum absolute atomic E-state index is 14.0. The maximum atomic E-state index is 14.0. The van der Waals surface area contributed by atoms with E-state index in [0.717, 1.165) is 24.0 Å². The van der Waals surface area contributed by atoms with Gasteiger partial charge in [-0.3, -0.25) is 29.7 Å². The second kappa shape index (κ2) is 18.4. The number of hydroxylamine groups is 1. The van der Waals surface area contributed by atoms with Crippen molar-refractivity contribution in [3.8, 4) is 0 Å². The van der Waals surface area contributed by atoms with Crippen LogP contribution in [0.15, 0.2) is 79.1 Å². The minimum absolute atomic E-state index is 0.0632. The van der Waals surface area contributed by atoms with Crippen LogP contribution < -0.4 is 10.9 Å². The fourth-order valence-corrected chi connectivity index (χ4v) is 4.94. The Morgan fingerprint density at radius 3 is 2.25 bits per heavy atom. The molecule has 0 saturated heterocycles. The predicted molar refractivity (Wildman–Crippen MR) is 170 cm³/mol. The van der Waals surface area contributed by atoms with E-state index in [1.807, 2.05) is 86.7 Å². The first-order valence-electron chi connectivity index (χ1n) is 15.4. The number of nitrogens with zero attached hydrogens (tertiary/aromatic N) is 4. The standard InChI is InChI=1S/C34H46N6O4/c1-5-27(6-2)23-40(32(41)24-39-21-20-35-38-39)36-33(42)31(22-26(3)4)30(19-13-18-28-14-9-7-10-15-28)34(43)37-44-25-29-16-11-8-12-17-29/h7-18,20-21,26-27,30-31H,5-6,19,22-25H2,1-4H3,(H,36,42)(H,37,43)/t30-,31+/m0/s1. The Morgan fingerprint density at radius 1 is 0.955 bits per heavy atom. The van der Waals surface area contributed by atoms with Gasteiger partial charge in [0.25, 0.3) is 5.91 Å². The molecule has 2 aromatic carbocycles. The van der Waals surface area contributed by atoms with E-state index in [4.69, 9.17) is 4.84 Å². The second-order valence-electron chi connectivity index (χ2n) is 11.4. The van der Waals surface area contributed by atoms with Crippen LogP contribution in [-0.2, 0) is 32.4 Å². The molecule has 1 heterocycles. The monoisotopic (exact) mass is 602 g/mol. The summed E-state index contributed by atoms with van der Waals surface area (Å²) < 4.78 is 1.43. The normalized spacial score (nSPS) is 12.8. The van der Waals surface area contributed by atoms with Crippen molar-refractivity contribution >= 4 is 23.8 Å². The summed E-state index contributed by atoms with van der Waals surface area (Å²) in [6, 6.07) is 19.3. The van der Waals surface area contributed by atoms with E-state index < -0.39 is 11.8 Å². The number of benzene rings is 2. The number of hydrazine groups is 1. The highest BCUT2D eigenvalue weighted by Gasteiger charge is 2.35. The molecule has 0 bridgehead atoms. The third-order valence-corrected chi connectivity index (χ3v) is 7.55. The number of nitrogens with one attached hydrogen (secondary N) is 2. The Hall–Kier alpha value is -4.31. The van der Waals surface area contributed by atoms with Crippen molar-refractivity contribution in [3.63, 3.8) is 0 Å². The molecule has 3 amide bonds. The van der Waals surface area contributed by atoms with Crippen molar-refractivity contribution in [2.45, 2.75) is 66.5 Å². The van der Waals surface area contributed by atoms with Crippen molar-refractivity contribution in [2.75, 3.05) is 6.54 Å². The highest BCUT2D eigenvalue weighted by molar-refractivity contribution is 5.89. The molecule has 0 aliphatic rings. The lowest BCUT2D eigenvalue weighted by atomic mass is 9.82. The number of aromatic nitrogens is 3. The van der Waals surface area contributed by atoms with Crippen LogP contribution in [0.1, 0.15) is 64.5 Å². The average Bonchev–Trinajstić information content (AvgIpc) is 3.54. The van der Waals surface area contributed by atoms with Crippen LogP contribution in [0.2, 0.25) is 0 Å². The molecule has 236 valence electrons. The number of rotatable bonds is 17. The van der Waals surface area contributed by atoms with Crippen LogP contribution in [0.3, 0.4) is 0 Å². The molecule has 0 saturated carbocycles. The molecular formula is C34H46N6O4. The van der Waals surface area contributed by atoms with Gasteiger partial charge in [-0.2, -0.15) is 0 Å². The molecular weight excluding hydrogens is 556 g/mol. The van der Waals surface area contributed by atoms with Gasteiger partial charge in [-0.15, -0.1) is 5.10 Å². The Morgan fingerprint density at radius 2 is 1.64 bits per heavy atom. The smallest absolute Gasteiger partial charge is 0.262 e. The zero-order valence-corrected chi connectivity index (χ0v) is 26.3. The van der Waals surface area contributed by atoms with Gasteiger partial charge in [-0.25, -0.2) is 10.2 Å². The molecule has 0 radical (unpaired) electrons. The molecule has 3 aromatic rings. The van der Waals surface area contributed by atoms with Gasteiger partial charge in [0.05, 0.1) is 24.6 Å². The molecule has 44 heavy (non-hydrogen) atoms. The summed E-state index contributed by atoms with van der Waals surface area (Å²) in [6.45, 7) is 8.63. The first-order valence-corrected chi connectivity index (χ1v) is 15.4. The summed E-state index contributed by atoms with van der Waals surface area (Å²) in [4.78, 5) is 46.7. The van der Waals surface area contributed by atoms with Crippen molar-refractivity contribution in [3.05, 3.63) is 90.3 Å². The lowest BCUT2D eigenvalue weighted by molar-refractivity contribution is -0.150. The van der Waals surface area contributed by atoms with Crippen molar-refractivity contribution < 1.29 is 19.2 Å². The summed E-state index contributed by atoms with van der Waals surface area (Å²) >= 11 is 0. The Balaban J connectivity index is 1.84. The third kappa shape index (κ3) is 11.4. The van der Waals surface area contributed by atoms with E-state index >= 15 is 0 Å². The lowest BCUT2D eigenvalue weighted by Crippen LogP contribution is -2.53. The Bertz CT molecular complexity index is 1290. The molecule has 0 aliphatic carbocycles. The van der Waals surface area contributed by atoms with Gasteiger partial charge in [-0.05, 0) is 35.8 Å². The number of amides is 3. The number of hydrogen-bond donors (Lipinski definition) is 2. The van der Waals surface area contributed by atoms with Gasteiger partial charge in [-0.1, -0.05) is 119 Å². The van der Waals surface area contributed by atoms with E-state index in [0.29, 0.717) is 19.4 Å². The molecule has 3 rings (SSSR count). The molecule has 1 aromatic heterocycles. The Kier molecular flexibility index (Phi) is 14.3. The third-order valence-electron chi connectivity index (χ3n) is 7.55. The van der Waals surface area contributed by atoms with Gasteiger partial charge >= 0.3 is 0 Å². The van der Waals surface area contributed by atoms with Crippen molar-refractivity contribution in [1.29, 1.82) is 0 Å².